The molecule has 18 heavy (non-hydrogen) atoms. The quantitative estimate of drug-likeness (QED) is 0.869. The molecule has 0 fully saturated rings. The third kappa shape index (κ3) is 3.11. The normalized spacial score (nSPS) is 10.6. The Bertz CT molecular complexity index is 585. The molecular weight excluding hydrogens is 320 g/mol. The van der Waals surface area contributed by atoms with E-state index in [1.165, 1.54) is 0 Å². The van der Waals surface area contributed by atoms with Gasteiger partial charge in [0, 0.05) is 10.0 Å². The average Bonchev–Trinajstić information content (AvgIpc) is 2.79. The van der Waals surface area contributed by atoms with E-state index in [-0.39, 0.29) is 11.0 Å². The molecule has 2 rings (SSSR count). The molecule has 5 nitrogen and oxygen atoms in total. The highest BCUT2D eigenvalue weighted by atomic mass is 79.9. The summed E-state index contributed by atoms with van der Waals surface area (Å²) < 4.78 is 6.33. The molecule has 0 unspecified atom stereocenters. The van der Waals surface area contributed by atoms with Crippen LogP contribution in [-0.2, 0) is 4.79 Å². The van der Waals surface area contributed by atoms with Crippen LogP contribution in [0.25, 0.3) is 11.5 Å². The van der Waals surface area contributed by atoms with Crippen molar-refractivity contribution in [3.8, 4) is 11.5 Å². The summed E-state index contributed by atoms with van der Waals surface area (Å²) in [5.41, 5.74) is 1.90. The number of hydrogen-bond acceptors (Lipinski definition) is 5. The first-order valence-corrected chi connectivity index (χ1v) is 6.79. The van der Waals surface area contributed by atoms with E-state index in [1.54, 1.807) is 0 Å². The molecule has 0 spiro atoms. The Hall–Kier alpha value is -1.34. The summed E-state index contributed by atoms with van der Waals surface area (Å²) in [5, 5.41) is 16.5. The monoisotopic (exact) mass is 328 g/mol. The standard InChI is InChI=1S/C11H9BrN2O3S/c1-6-2-3-7(4-8(6)12)10-13-14-11(17-10)18-5-9(15)16/h2-4H,5H2,1H3,(H,15,16). The number of aliphatic carboxylic acids is 1. The minimum atomic E-state index is -0.919. The Morgan fingerprint density at radius 2 is 2.28 bits per heavy atom. The molecule has 0 saturated carbocycles. The van der Waals surface area contributed by atoms with Crippen molar-refractivity contribution >= 4 is 33.7 Å². The van der Waals surface area contributed by atoms with Crippen LogP contribution in [0.5, 0.6) is 0 Å². The lowest BCUT2D eigenvalue weighted by molar-refractivity contribution is -0.133. The van der Waals surface area contributed by atoms with Crippen LogP contribution in [0.3, 0.4) is 0 Å². The van der Waals surface area contributed by atoms with Crippen molar-refractivity contribution < 1.29 is 14.3 Å². The van der Waals surface area contributed by atoms with Gasteiger partial charge in [-0.1, -0.05) is 33.8 Å². The van der Waals surface area contributed by atoms with Crippen LogP contribution < -0.4 is 0 Å². The third-order valence-electron chi connectivity index (χ3n) is 2.14. The van der Waals surface area contributed by atoms with E-state index in [0.717, 1.165) is 27.4 Å². The highest BCUT2D eigenvalue weighted by Crippen LogP contribution is 2.26. The van der Waals surface area contributed by atoms with Crippen molar-refractivity contribution in [2.45, 2.75) is 12.1 Å². The zero-order chi connectivity index (χ0) is 13.1. The van der Waals surface area contributed by atoms with Crippen molar-refractivity contribution in [1.29, 1.82) is 0 Å². The second-order valence-corrected chi connectivity index (χ2v) is 5.30. The maximum atomic E-state index is 10.4. The molecule has 2 aromatic rings. The topological polar surface area (TPSA) is 76.2 Å². The molecule has 1 aromatic carbocycles. The molecule has 0 bridgehead atoms. The van der Waals surface area contributed by atoms with Crippen molar-refractivity contribution in [2.24, 2.45) is 0 Å². The minimum Gasteiger partial charge on any atom is -0.481 e. The molecule has 1 aromatic heterocycles. The molecular formula is C11H9BrN2O3S. The van der Waals surface area contributed by atoms with Crippen molar-refractivity contribution in [2.75, 3.05) is 5.75 Å². The van der Waals surface area contributed by atoms with Gasteiger partial charge >= 0.3 is 5.97 Å². The van der Waals surface area contributed by atoms with Gasteiger partial charge < -0.3 is 9.52 Å². The van der Waals surface area contributed by atoms with Gasteiger partial charge in [0.2, 0.25) is 5.89 Å². The number of benzene rings is 1. The predicted octanol–water partition coefficient (Wildman–Crippen LogP) is 2.98. The molecule has 7 heteroatoms. The average molecular weight is 329 g/mol. The van der Waals surface area contributed by atoms with Gasteiger partial charge in [0.25, 0.3) is 5.22 Å². The summed E-state index contributed by atoms with van der Waals surface area (Å²) in [4.78, 5) is 10.4. The summed E-state index contributed by atoms with van der Waals surface area (Å²) in [6.45, 7) is 1.98. The summed E-state index contributed by atoms with van der Waals surface area (Å²) in [5.74, 6) is -0.638. The van der Waals surface area contributed by atoms with Crippen LogP contribution in [0.2, 0.25) is 0 Å². The highest BCUT2D eigenvalue weighted by molar-refractivity contribution is 9.10. The summed E-state index contributed by atoms with van der Waals surface area (Å²) >= 11 is 4.43. The predicted molar refractivity (Wildman–Crippen MR) is 70.5 cm³/mol. The van der Waals surface area contributed by atoms with E-state index in [4.69, 9.17) is 9.52 Å². The fourth-order valence-electron chi connectivity index (χ4n) is 1.23. The summed E-state index contributed by atoms with van der Waals surface area (Å²) in [6.07, 6.45) is 0. The van der Waals surface area contributed by atoms with E-state index >= 15 is 0 Å². The Labute approximate surface area is 116 Å². The van der Waals surface area contributed by atoms with Crippen LogP contribution in [0.4, 0.5) is 0 Å². The molecule has 0 atom stereocenters. The van der Waals surface area contributed by atoms with E-state index < -0.39 is 5.97 Å². The second-order valence-electron chi connectivity index (χ2n) is 3.52. The van der Waals surface area contributed by atoms with Crippen molar-refractivity contribution in [3.63, 3.8) is 0 Å². The number of carboxylic acid groups (broad SMARTS) is 1. The number of carboxylic acids is 1. The molecule has 0 radical (unpaired) electrons. The van der Waals surface area contributed by atoms with Gasteiger partial charge in [-0.25, -0.2) is 0 Å². The number of halogens is 1. The number of aromatic nitrogens is 2. The molecule has 1 heterocycles. The Morgan fingerprint density at radius 3 is 2.94 bits per heavy atom. The van der Waals surface area contributed by atoms with Gasteiger partial charge in [0.05, 0.1) is 0 Å². The van der Waals surface area contributed by atoms with Gasteiger partial charge in [-0.3, -0.25) is 4.79 Å². The molecule has 0 saturated heterocycles. The fraction of sp³-hybridized carbons (Fsp3) is 0.182. The molecule has 0 aliphatic carbocycles. The van der Waals surface area contributed by atoms with E-state index in [2.05, 4.69) is 26.1 Å². The zero-order valence-corrected chi connectivity index (χ0v) is 11.8. The largest absolute Gasteiger partial charge is 0.481 e. The molecule has 0 aliphatic heterocycles. The van der Waals surface area contributed by atoms with Gasteiger partial charge in [0.15, 0.2) is 0 Å². The molecule has 0 amide bonds. The smallest absolute Gasteiger partial charge is 0.314 e. The zero-order valence-electron chi connectivity index (χ0n) is 9.38. The lowest BCUT2D eigenvalue weighted by Gasteiger charge is -1.99. The molecule has 0 aliphatic rings. The van der Waals surface area contributed by atoms with Gasteiger partial charge in [-0.05, 0) is 24.6 Å². The first kappa shape index (κ1) is 13.1. The van der Waals surface area contributed by atoms with Crippen LogP contribution >= 0.6 is 27.7 Å². The van der Waals surface area contributed by atoms with Crippen LogP contribution in [0.1, 0.15) is 5.56 Å². The number of thioether (sulfide) groups is 1. The second kappa shape index (κ2) is 5.53. The lowest BCUT2D eigenvalue weighted by atomic mass is 10.1. The Morgan fingerprint density at radius 1 is 1.50 bits per heavy atom. The Balaban J connectivity index is 2.18. The fourth-order valence-corrected chi connectivity index (χ4v) is 2.10. The Kier molecular flexibility index (Phi) is 4.03. The third-order valence-corrected chi connectivity index (χ3v) is 3.80. The number of nitrogens with zero attached hydrogens (tertiary/aromatic N) is 2. The van der Waals surface area contributed by atoms with Crippen LogP contribution in [0.15, 0.2) is 32.3 Å². The first-order chi connectivity index (χ1) is 8.56. The van der Waals surface area contributed by atoms with Crippen LogP contribution in [-0.4, -0.2) is 27.0 Å². The van der Waals surface area contributed by atoms with E-state index in [9.17, 15) is 4.79 Å². The minimum absolute atomic E-state index is 0.0980. The van der Waals surface area contributed by atoms with Gasteiger partial charge in [-0.15, -0.1) is 10.2 Å². The SMILES string of the molecule is Cc1ccc(-c2nnc(SCC(=O)O)o2)cc1Br. The highest BCUT2D eigenvalue weighted by Gasteiger charge is 2.11. The van der Waals surface area contributed by atoms with E-state index in [0.29, 0.717) is 5.89 Å². The lowest BCUT2D eigenvalue weighted by Crippen LogP contribution is -1.97. The molecule has 94 valence electrons. The van der Waals surface area contributed by atoms with Crippen molar-refractivity contribution in [3.05, 3.63) is 28.2 Å². The maximum absolute atomic E-state index is 10.4. The van der Waals surface area contributed by atoms with Crippen LogP contribution in [0, 0.1) is 6.92 Å². The number of aryl methyl sites for hydroxylation is 1. The number of rotatable bonds is 4. The summed E-state index contributed by atoms with van der Waals surface area (Å²) in [6, 6.07) is 5.70. The first-order valence-electron chi connectivity index (χ1n) is 5.01. The number of hydrogen-bond donors (Lipinski definition) is 1. The van der Waals surface area contributed by atoms with Gasteiger partial charge in [0.1, 0.15) is 5.75 Å². The maximum Gasteiger partial charge on any atom is 0.314 e. The van der Waals surface area contributed by atoms with Crippen molar-refractivity contribution in [1.82, 2.24) is 10.2 Å². The summed E-state index contributed by atoms with van der Waals surface area (Å²) in [7, 11) is 0. The molecule has 1 N–H and O–H groups in total. The number of carbonyl (C=O) groups is 1. The van der Waals surface area contributed by atoms with E-state index in [1.807, 2.05) is 25.1 Å². The van der Waals surface area contributed by atoms with Gasteiger partial charge in [-0.2, -0.15) is 0 Å².